The van der Waals surface area contributed by atoms with Gasteiger partial charge in [-0.1, -0.05) is 6.42 Å². The fraction of sp³-hybridized carbons (Fsp3) is 1.00. The van der Waals surface area contributed by atoms with Crippen LogP contribution in [0.2, 0.25) is 0 Å². The van der Waals surface area contributed by atoms with Crippen LogP contribution in [-0.2, 0) is 0 Å². The van der Waals surface area contributed by atoms with Crippen molar-refractivity contribution in [2.24, 2.45) is 5.73 Å². The van der Waals surface area contributed by atoms with Crippen molar-refractivity contribution < 1.29 is 0 Å². The van der Waals surface area contributed by atoms with E-state index in [-0.39, 0.29) is 6.17 Å². The topological polar surface area (TPSA) is 29.3 Å². The molecule has 2 N–H and O–H groups in total. The minimum absolute atomic E-state index is 0.213. The van der Waals surface area contributed by atoms with Crippen molar-refractivity contribution in [2.75, 3.05) is 6.54 Å². The summed E-state index contributed by atoms with van der Waals surface area (Å²) < 4.78 is 0. The van der Waals surface area contributed by atoms with Gasteiger partial charge < -0.3 is 5.73 Å². The van der Waals surface area contributed by atoms with E-state index in [1.807, 2.05) is 0 Å². The number of piperidine rings is 1. The summed E-state index contributed by atoms with van der Waals surface area (Å²) >= 11 is 0. The predicted molar refractivity (Wildman–Crippen MR) is 48.3 cm³/mol. The average molecular weight is 156 g/mol. The van der Waals surface area contributed by atoms with Crippen LogP contribution in [0.5, 0.6) is 0 Å². The largest absolute Gasteiger partial charge is 0.316 e. The van der Waals surface area contributed by atoms with Crippen LogP contribution in [0.3, 0.4) is 0 Å². The van der Waals surface area contributed by atoms with E-state index in [1.165, 1.54) is 25.8 Å². The van der Waals surface area contributed by atoms with Gasteiger partial charge in [-0.05, 0) is 33.6 Å². The van der Waals surface area contributed by atoms with Gasteiger partial charge in [0.25, 0.3) is 0 Å². The summed E-state index contributed by atoms with van der Waals surface area (Å²) in [7, 11) is 0. The van der Waals surface area contributed by atoms with Crippen LogP contribution in [0, 0.1) is 0 Å². The highest BCUT2D eigenvalue weighted by molar-refractivity contribution is 4.86. The number of hydrogen-bond acceptors (Lipinski definition) is 2. The molecule has 0 amide bonds. The molecule has 0 aromatic rings. The lowest BCUT2D eigenvalue weighted by atomic mass is 9.90. The zero-order valence-electron chi connectivity index (χ0n) is 7.93. The second-order valence-corrected chi connectivity index (χ2v) is 4.20. The molecule has 0 aliphatic carbocycles. The molecule has 1 saturated heterocycles. The van der Waals surface area contributed by atoms with E-state index < -0.39 is 0 Å². The molecule has 11 heavy (non-hydrogen) atoms. The fourth-order valence-corrected chi connectivity index (χ4v) is 2.04. The Balaban J connectivity index is 2.60. The highest BCUT2D eigenvalue weighted by atomic mass is 15.3. The van der Waals surface area contributed by atoms with Crippen molar-refractivity contribution in [3.63, 3.8) is 0 Å². The van der Waals surface area contributed by atoms with Crippen LogP contribution >= 0.6 is 0 Å². The van der Waals surface area contributed by atoms with Crippen molar-refractivity contribution in [1.82, 2.24) is 4.90 Å². The smallest absolute Gasteiger partial charge is 0.0547 e. The van der Waals surface area contributed by atoms with Gasteiger partial charge in [-0.25, -0.2) is 0 Å². The van der Waals surface area contributed by atoms with Gasteiger partial charge in [-0.15, -0.1) is 0 Å². The maximum atomic E-state index is 5.87. The summed E-state index contributed by atoms with van der Waals surface area (Å²) in [6, 6.07) is 0. The molecule has 66 valence electrons. The van der Waals surface area contributed by atoms with Gasteiger partial charge in [0.05, 0.1) is 6.17 Å². The third-order valence-electron chi connectivity index (χ3n) is 2.71. The van der Waals surface area contributed by atoms with Gasteiger partial charge in [0.15, 0.2) is 0 Å². The minimum Gasteiger partial charge on any atom is -0.316 e. The Kier molecular flexibility index (Phi) is 2.55. The lowest BCUT2D eigenvalue weighted by Crippen LogP contribution is -2.54. The molecule has 1 unspecified atom stereocenters. The van der Waals surface area contributed by atoms with E-state index in [9.17, 15) is 0 Å². The molecular weight excluding hydrogens is 136 g/mol. The van der Waals surface area contributed by atoms with Crippen molar-refractivity contribution >= 4 is 0 Å². The Morgan fingerprint density at radius 3 is 2.36 bits per heavy atom. The SMILES string of the molecule is CC(N)N1CCCCC1(C)C. The molecule has 1 rings (SSSR count). The normalized spacial score (nSPS) is 28.4. The van der Waals surface area contributed by atoms with E-state index in [1.54, 1.807) is 0 Å². The monoisotopic (exact) mass is 156 g/mol. The predicted octanol–water partition coefficient (Wildman–Crippen LogP) is 1.56. The summed E-state index contributed by atoms with van der Waals surface area (Å²) in [5.74, 6) is 0. The zero-order chi connectivity index (χ0) is 8.48. The standard InChI is InChI=1S/C9H20N2/c1-8(10)11-7-5-4-6-9(11,2)3/h8H,4-7,10H2,1-3H3. The molecule has 0 spiro atoms. The van der Waals surface area contributed by atoms with Gasteiger partial charge in [0.1, 0.15) is 0 Å². The van der Waals surface area contributed by atoms with Crippen molar-refractivity contribution in [3.8, 4) is 0 Å². The molecule has 2 heteroatoms. The summed E-state index contributed by atoms with van der Waals surface area (Å²) in [5, 5.41) is 0. The highest BCUT2D eigenvalue weighted by Crippen LogP contribution is 2.27. The third kappa shape index (κ3) is 1.94. The second-order valence-electron chi connectivity index (χ2n) is 4.20. The van der Waals surface area contributed by atoms with Crippen LogP contribution in [0.4, 0.5) is 0 Å². The van der Waals surface area contributed by atoms with Gasteiger partial charge >= 0.3 is 0 Å². The molecule has 0 radical (unpaired) electrons. The Bertz CT molecular complexity index is 130. The molecule has 1 heterocycles. The second kappa shape index (κ2) is 3.11. The molecule has 1 fully saturated rings. The minimum atomic E-state index is 0.213. The van der Waals surface area contributed by atoms with Crippen LogP contribution in [-0.4, -0.2) is 23.1 Å². The number of hydrogen-bond donors (Lipinski definition) is 1. The lowest BCUT2D eigenvalue weighted by molar-refractivity contribution is 0.0425. The number of likely N-dealkylation sites (tertiary alicyclic amines) is 1. The Morgan fingerprint density at radius 1 is 1.36 bits per heavy atom. The molecule has 0 aromatic heterocycles. The third-order valence-corrected chi connectivity index (χ3v) is 2.71. The molecule has 1 aliphatic rings. The first-order chi connectivity index (χ1) is 5.04. The molecule has 2 nitrogen and oxygen atoms in total. The zero-order valence-corrected chi connectivity index (χ0v) is 7.93. The Hall–Kier alpha value is -0.0800. The summed E-state index contributed by atoms with van der Waals surface area (Å²) in [6.45, 7) is 7.82. The van der Waals surface area contributed by atoms with Gasteiger partial charge in [0, 0.05) is 12.1 Å². The van der Waals surface area contributed by atoms with E-state index in [0.717, 1.165) is 0 Å². The van der Waals surface area contributed by atoms with Crippen LogP contribution in [0.1, 0.15) is 40.0 Å². The Labute approximate surface area is 69.8 Å². The summed E-state index contributed by atoms with van der Waals surface area (Å²) in [4.78, 5) is 2.40. The molecule has 1 aliphatic heterocycles. The van der Waals surface area contributed by atoms with E-state index >= 15 is 0 Å². The number of nitrogens with two attached hydrogens (primary N) is 1. The lowest BCUT2D eigenvalue weighted by Gasteiger charge is -2.44. The maximum Gasteiger partial charge on any atom is 0.0547 e. The average Bonchev–Trinajstić information content (AvgIpc) is 1.85. The van der Waals surface area contributed by atoms with Gasteiger partial charge in [-0.2, -0.15) is 0 Å². The maximum absolute atomic E-state index is 5.87. The molecule has 1 atom stereocenters. The van der Waals surface area contributed by atoms with Crippen LogP contribution in [0.25, 0.3) is 0 Å². The fourth-order valence-electron chi connectivity index (χ4n) is 2.04. The Morgan fingerprint density at radius 2 is 2.00 bits per heavy atom. The molecule has 0 saturated carbocycles. The van der Waals surface area contributed by atoms with Crippen LogP contribution < -0.4 is 5.73 Å². The quantitative estimate of drug-likeness (QED) is 0.624. The molecule has 0 bridgehead atoms. The first-order valence-corrected chi connectivity index (χ1v) is 4.56. The molecule has 0 aromatic carbocycles. The van der Waals surface area contributed by atoms with Gasteiger partial charge in [-0.3, -0.25) is 4.90 Å². The first kappa shape index (κ1) is 9.01. The van der Waals surface area contributed by atoms with Gasteiger partial charge in [0.2, 0.25) is 0 Å². The van der Waals surface area contributed by atoms with Crippen LogP contribution in [0.15, 0.2) is 0 Å². The summed E-state index contributed by atoms with van der Waals surface area (Å²) in [5.41, 5.74) is 6.19. The van der Waals surface area contributed by atoms with Crippen molar-refractivity contribution in [1.29, 1.82) is 0 Å². The van der Waals surface area contributed by atoms with E-state index in [4.69, 9.17) is 5.73 Å². The van der Waals surface area contributed by atoms with Crippen molar-refractivity contribution in [2.45, 2.75) is 51.7 Å². The molecular formula is C9H20N2. The highest BCUT2D eigenvalue weighted by Gasteiger charge is 2.31. The van der Waals surface area contributed by atoms with Crippen molar-refractivity contribution in [3.05, 3.63) is 0 Å². The summed E-state index contributed by atoms with van der Waals surface area (Å²) in [6.07, 6.45) is 4.17. The van der Waals surface area contributed by atoms with E-state index in [0.29, 0.717) is 5.54 Å². The number of nitrogens with zero attached hydrogens (tertiary/aromatic N) is 1. The number of rotatable bonds is 1. The van der Waals surface area contributed by atoms with E-state index in [2.05, 4.69) is 25.7 Å². The first-order valence-electron chi connectivity index (χ1n) is 4.56.